The van der Waals surface area contributed by atoms with Crippen molar-refractivity contribution in [3.05, 3.63) is 28.2 Å². The van der Waals surface area contributed by atoms with E-state index in [-0.39, 0.29) is 0 Å². The molecule has 0 saturated heterocycles. The number of halogens is 1. The predicted octanol–water partition coefficient (Wildman–Crippen LogP) is 2.74. The molecule has 2 amide bonds. The maximum absolute atomic E-state index is 11.6. The van der Waals surface area contributed by atoms with E-state index >= 15 is 0 Å². The van der Waals surface area contributed by atoms with Crippen LogP contribution in [0, 0.1) is 6.92 Å². The van der Waals surface area contributed by atoms with E-state index in [1.807, 2.05) is 19.1 Å². The van der Waals surface area contributed by atoms with Crippen molar-refractivity contribution in [2.24, 2.45) is 0 Å². The fourth-order valence-electron chi connectivity index (χ4n) is 1.40. The molecule has 0 heterocycles. The van der Waals surface area contributed by atoms with Gasteiger partial charge in [-0.15, -0.1) is 0 Å². The van der Waals surface area contributed by atoms with E-state index in [4.69, 9.17) is 5.11 Å². The number of aryl methyl sites for hydroxylation is 1. The Kier molecular flexibility index (Phi) is 5.15. The van der Waals surface area contributed by atoms with E-state index < -0.39 is 18.0 Å². The molecule has 1 aromatic rings. The van der Waals surface area contributed by atoms with E-state index in [0.29, 0.717) is 12.1 Å². The Hall–Kier alpha value is -1.56. The van der Waals surface area contributed by atoms with Crippen LogP contribution in [-0.4, -0.2) is 23.1 Å². The Morgan fingerprint density at radius 1 is 1.44 bits per heavy atom. The van der Waals surface area contributed by atoms with Gasteiger partial charge in [0.1, 0.15) is 6.04 Å². The van der Waals surface area contributed by atoms with Crippen LogP contribution >= 0.6 is 15.9 Å². The minimum Gasteiger partial charge on any atom is -0.480 e. The Morgan fingerprint density at radius 2 is 2.11 bits per heavy atom. The summed E-state index contributed by atoms with van der Waals surface area (Å²) in [4.78, 5) is 22.4. The highest BCUT2D eigenvalue weighted by molar-refractivity contribution is 9.10. The predicted molar refractivity (Wildman–Crippen MR) is 72.7 cm³/mol. The van der Waals surface area contributed by atoms with Gasteiger partial charge in [-0.25, -0.2) is 9.59 Å². The zero-order chi connectivity index (χ0) is 13.7. The van der Waals surface area contributed by atoms with Gasteiger partial charge in [-0.2, -0.15) is 0 Å². The van der Waals surface area contributed by atoms with Gasteiger partial charge < -0.3 is 15.7 Å². The largest absolute Gasteiger partial charge is 0.480 e. The molecule has 98 valence electrons. The number of carboxylic acid groups (broad SMARTS) is 1. The van der Waals surface area contributed by atoms with E-state index in [0.717, 1.165) is 10.0 Å². The summed E-state index contributed by atoms with van der Waals surface area (Å²) < 4.78 is 0.781. The number of carbonyl (C=O) groups excluding carboxylic acids is 1. The lowest BCUT2D eigenvalue weighted by Gasteiger charge is -2.14. The lowest BCUT2D eigenvalue weighted by molar-refractivity contribution is -0.139. The van der Waals surface area contributed by atoms with Crippen LogP contribution in [0.25, 0.3) is 0 Å². The minimum absolute atomic E-state index is 0.331. The molecule has 6 heteroatoms. The van der Waals surface area contributed by atoms with E-state index in [1.54, 1.807) is 13.0 Å². The highest BCUT2D eigenvalue weighted by atomic mass is 79.9. The summed E-state index contributed by atoms with van der Waals surface area (Å²) in [7, 11) is 0. The van der Waals surface area contributed by atoms with Crippen LogP contribution in [0.15, 0.2) is 22.7 Å². The number of amides is 2. The molecule has 0 unspecified atom stereocenters. The number of carboxylic acids is 1. The van der Waals surface area contributed by atoms with E-state index in [1.165, 1.54) is 0 Å². The molecule has 0 spiro atoms. The van der Waals surface area contributed by atoms with Crippen molar-refractivity contribution >= 4 is 33.6 Å². The van der Waals surface area contributed by atoms with Crippen LogP contribution in [-0.2, 0) is 4.79 Å². The summed E-state index contributed by atoms with van der Waals surface area (Å²) >= 11 is 3.36. The fraction of sp³-hybridized carbons (Fsp3) is 0.333. The lowest BCUT2D eigenvalue weighted by Crippen LogP contribution is -2.42. The molecule has 0 aliphatic rings. The Labute approximate surface area is 114 Å². The Balaban J connectivity index is 2.70. The average Bonchev–Trinajstić information content (AvgIpc) is 2.31. The maximum atomic E-state index is 11.6. The van der Waals surface area contributed by atoms with Crippen LogP contribution < -0.4 is 10.6 Å². The maximum Gasteiger partial charge on any atom is 0.326 e. The molecule has 1 atom stereocenters. The summed E-state index contributed by atoms with van der Waals surface area (Å²) in [5.41, 5.74) is 1.59. The standard InChI is InChI=1S/C12H15BrN2O3/c1-3-8(11(16)17)14-12(18)15-9-6-4-5-7(2)10(9)13/h4-6,8H,3H2,1-2H3,(H,16,17)(H2,14,15,18)/t8-/m0/s1. The normalized spacial score (nSPS) is 11.7. The molecule has 1 aromatic carbocycles. The quantitative estimate of drug-likeness (QED) is 0.799. The van der Waals surface area contributed by atoms with Crippen molar-refractivity contribution < 1.29 is 14.7 Å². The molecule has 0 aliphatic heterocycles. The molecule has 0 fully saturated rings. The molecule has 0 aliphatic carbocycles. The second-order valence-electron chi connectivity index (χ2n) is 3.83. The van der Waals surface area contributed by atoms with Crippen molar-refractivity contribution in [1.82, 2.24) is 5.32 Å². The first kappa shape index (κ1) is 14.5. The van der Waals surface area contributed by atoms with Gasteiger partial charge in [-0.05, 0) is 40.9 Å². The van der Waals surface area contributed by atoms with Crippen LogP contribution in [0.1, 0.15) is 18.9 Å². The van der Waals surface area contributed by atoms with Gasteiger partial charge in [0.15, 0.2) is 0 Å². The SMILES string of the molecule is CC[C@H](NC(=O)Nc1cccc(C)c1Br)C(=O)O. The summed E-state index contributed by atoms with van der Waals surface area (Å²) in [6.07, 6.45) is 0.331. The minimum atomic E-state index is -1.05. The van der Waals surface area contributed by atoms with Crippen molar-refractivity contribution in [3.63, 3.8) is 0 Å². The van der Waals surface area contributed by atoms with Gasteiger partial charge >= 0.3 is 12.0 Å². The third-order valence-corrected chi connectivity index (χ3v) is 3.50. The second kappa shape index (κ2) is 6.39. The van der Waals surface area contributed by atoms with E-state index in [9.17, 15) is 9.59 Å². The average molecular weight is 315 g/mol. The van der Waals surface area contributed by atoms with Crippen LogP contribution in [0.3, 0.4) is 0 Å². The first-order chi connectivity index (χ1) is 8.45. The number of hydrogen-bond donors (Lipinski definition) is 3. The third-order valence-electron chi connectivity index (χ3n) is 2.45. The molecular formula is C12H15BrN2O3. The van der Waals surface area contributed by atoms with Crippen LogP contribution in [0.4, 0.5) is 10.5 Å². The van der Waals surface area contributed by atoms with Crippen molar-refractivity contribution in [2.75, 3.05) is 5.32 Å². The molecular weight excluding hydrogens is 300 g/mol. The number of aliphatic carboxylic acids is 1. The van der Waals surface area contributed by atoms with Gasteiger partial charge in [-0.3, -0.25) is 0 Å². The fourth-order valence-corrected chi connectivity index (χ4v) is 1.76. The van der Waals surface area contributed by atoms with Gasteiger partial charge in [0.05, 0.1) is 5.69 Å². The van der Waals surface area contributed by atoms with Crippen molar-refractivity contribution in [2.45, 2.75) is 26.3 Å². The topological polar surface area (TPSA) is 78.4 Å². The highest BCUT2D eigenvalue weighted by Gasteiger charge is 2.17. The summed E-state index contributed by atoms with van der Waals surface area (Å²) in [5, 5.41) is 13.8. The molecule has 0 radical (unpaired) electrons. The summed E-state index contributed by atoms with van der Waals surface area (Å²) in [6, 6.07) is 4.03. The van der Waals surface area contributed by atoms with Gasteiger partial charge in [0, 0.05) is 4.47 Å². The molecule has 0 bridgehead atoms. The Bertz CT molecular complexity index is 463. The van der Waals surface area contributed by atoms with Crippen LogP contribution in [0.2, 0.25) is 0 Å². The summed E-state index contributed by atoms with van der Waals surface area (Å²) in [6.45, 7) is 3.60. The molecule has 5 nitrogen and oxygen atoms in total. The molecule has 0 saturated carbocycles. The van der Waals surface area contributed by atoms with Crippen molar-refractivity contribution in [1.29, 1.82) is 0 Å². The smallest absolute Gasteiger partial charge is 0.326 e. The lowest BCUT2D eigenvalue weighted by atomic mass is 10.2. The number of anilines is 1. The van der Waals surface area contributed by atoms with E-state index in [2.05, 4.69) is 26.6 Å². The number of rotatable bonds is 4. The number of benzene rings is 1. The third kappa shape index (κ3) is 3.73. The van der Waals surface area contributed by atoms with Gasteiger partial charge in [0.2, 0.25) is 0 Å². The number of carbonyl (C=O) groups is 2. The molecule has 18 heavy (non-hydrogen) atoms. The first-order valence-electron chi connectivity index (χ1n) is 5.51. The first-order valence-corrected chi connectivity index (χ1v) is 6.30. The highest BCUT2D eigenvalue weighted by Crippen LogP contribution is 2.25. The molecule has 3 N–H and O–H groups in total. The summed E-state index contributed by atoms with van der Waals surface area (Å²) in [5.74, 6) is -1.05. The number of hydrogen-bond acceptors (Lipinski definition) is 2. The zero-order valence-electron chi connectivity index (χ0n) is 10.2. The zero-order valence-corrected chi connectivity index (χ0v) is 11.7. The Morgan fingerprint density at radius 3 is 2.67 bits per heavy atom. The van der Waals surface area contributed by atoms with Gasteiger partial charge in [-0.1, -0.05) is 19.1 Å². The van der Waals surface area contributed by atoms with Crippen LogP contribution in [0.5, 0.6) is 0 Å². The van der Waals surface area contributed by atoms with Gasteiger partial charge in [0.25, 0.3) is 0 Å². The molecule has 1 rings (SSSR count). The van der Waals surface area contributed by atoms with Crippen molar-refractivity contribution in [3.8, 4) is 0 Å². The second-order valence-corrected chi connectivity index (χ2v) is 4.63. The number of urea groups is 1. The number of nitrogens with one attached hydrogen (secondary N) is 2. The monoisotopic (exact) mass is 314 g/mol. The molecule has 0 aromatic heterocycles.